The number of carbonyl (C=O) groups excluding carboxylic acids is 1. The van der Waals surface area contributed by atoms with Gasteiger partial charge in [-0.25, -0.2) is 17.5 Å². The number of anilines is 1. The van der Waals surface area contributed by atoms with E-state index in [1.165, 1.54) is 34.6 Å². The molecule has 0 atom stereocenters. The number of nitrogens with zero attached hydrogens (tertiary/aromatic N) is 4. The van der Waals surface area contributed by atoms with Gasteiger partial charge in [-0.2, -0.15) is 4.31 Å². The molecule has 1 heterocycles. The van der Waals surface area contributed by atoms with Crippen molar-refractivity contribution in [3.63, 3.8) is 0 Å². The summed E-state index contributed by atoms with van der Waals surface area (Å²) in [6.45, 7) is 4.83. The summed E-state index contributed by atoms with van der Waals surface area (Å²) in [7, 11) is -3.56. The van der Waals surface area contributed by atoms with Gasteiger partial charge in [-0.05, 0) is 48.9 Å². The highest BCUT2D eigenvalue weighted by atomic mass is 32.2. The SMILES string of the molecule is CCN(CC)S(=O)(=O)c1ccc2c(c1)nnn2CCCC(=O)Nc1ccc(F)cc1. The van der Waals surface area contributed by atoms with E-state index >= 15 is 0 Å². The summed E-state index contributed by atoms with van der Waals surface area (Å²) in [6.07, 6.45) is 0.776. The third-order valence-electron chi connectivity index (χ3n) is 4.73. The van der Waals surface area contributed by atoms with Gasteiger partial charge in [-0.3, -0.25) is 4.79 Å². The summed E-state index contributed by atoms with van der Waals surface area (Å²) in [5, 5.41) is 10.9. The Morgan fingerprint density at radius 2 is 1.83 bits per heavy atom. The molecular weight excluding hydrogens is 409 g/mol. The molecule has 3 rings (SSSR count). The van der Waals surface area contributed by atoms with Crippen LogP contribution < -0.4 is 5.32 Å². The zero-order valence-corrected chi connectivity index (χ0v) is 17.7. The van der Waals surface area contributed by atoms with Crippen molar-refractivity contribution < 1.29 is 17.6 Å². The minimum absolute atomic E-state index is 0.182. The lowest BCUT2D eigenvalue weighted by Crippen LogP contribution is -2.30. The van der Waals surface area contributed by atoms with Crippen LogP contribution >= 0.6 is 0 Å². The van der Waals surface area contributed by atoms with Gasteiger partial charge in [0.05, 0.1) is 10.4 Å². The topological polar surface area (TPSA) is 97.2 Å². The lowest BCUT2D eigenvalue weighted by atomic mass is 10.2. The molecule has 2 aromatic carbocycles. The third-order valence-corrected chi connectivity index (χ3v) is 6.78. The van der Waals surface area contributed by atoms with Crippen LogP contribution in [0.5, 0.6) is 0 Å². The van der Waals surface area contributed by atoms with Crippen LogP contribution in [-0.2, 0) is 21.4 Å². The first kappa shape index (κ1) is 21.8. The molecule has 30 heavy (non-hydrogen) atoms. The lowest BCUT2D eigenvalue weighted by Gasteiger charge is -2.18. The van der Waals surface area contributed by atoms with Gasteiger partial charge in [-0.15, -0.1) is 5.10 Å². The second-order valence-electron chi connectivity index (χ2n) is 6.71. The van der Waals surface area contributed by atoms with Crippen molar-refractivity contribution >= 4 is 32.7 Å². The van der Waals surface area contributed by atoms with Crippen LogP contribution in [0.4, 0.5) is 10.1 Å². The van der Waals surface area contributed by atoms with Gasteiger partial charge in [0, 0.05) is 31.7 Å². The number of benzene rings is 2. The third kappa shape index (κ3) is 4.82. The van der Waals surface area contributed by atoms with E-state index in [2.05, 4.69) is 15.6 Å². The van der Waals surface area contributed by atoms with Gasteiger partial charge in [0.2, 0.25) is 15.9 Å². The van der Waals surface area contributed by atoms with Crippen LogP contribution in [0.3, 0.4) is 0 Å². The number of nitrogens with one attached hydrogen (secondary N) is 1. The Morgan fingerprint density at radius 1 is 1.13 bits per heavy atom. The lowest BCUT2D eigenvalue weighted by molar-refractivity contribution is -0.116. The molecule has 0 fully saturated rings. The quantitative estimate of drug-likeness (QED) is 0.559. The van der Waals surface area contributed by atoms with Gasteiger partial charge in [0.15, 0.2) is 0 Å². The van der Waals surface area contributed by atoms with E-state index in [0.29, 0.717) is 42.8 Å². The van der Waals surface area contributed by atoms with Crippen molar-refractivity contribution in [2.45, 2.75) is 38.1 Å². The maximum atomic E-state index is 12.9. The molecule has 1 N–H and O–H groups in total. The van der Waals surface area contributed by atoms with E-state index in [0.717, 1.165) is 0 Å². The molecule has 1 aromatic heterocycles. The highest BCUT2D eigenvalue weighted by Crippen LogP contribution is 2.21. The van der Waals surface area contributed by atoms with Crippen LogP contribution in [0.2, 0.25) is 0 Å². The zero-order valence-electron chi connectivity index (χ0n) is 16.9. The molecule has 0 aliphatic rings. The largest absolute Gasteiger partial charge is 0.326 e. The first-order valence-corrected chi connectivity index (χ1v) is 11.2. The van der Waals surface area contributed by atoms with Crippen molar-refractivity contribution in [2.75, 3.05) is 18.4 Å². The predicted octanol–water partition coefficient (Wildman–Crippen LogP) is 3.02. The number of aryl methyl sites for hydroxylation is 1. The normalized spacial score (nSPS) is 11.9. The van der Waals surface area contributed by atoms with Gasteiger partial charge in [0.25, 0.3) is 0 Å². The van der Waals surface area contributed by atoms with Crippen LogP contribution in [-0.4, -0.2) is 46.7 Å². The van der Waals surface area contributed by atoms with Gasteiger partial charge in [-0.1, -0.05) is 19.1 Å². The Balaban J connectivity index is 1.63. The second-order valence-corrected chi connectivity index (χ2v) is 8.65. The van der Waals surface area contributed by atoms with Crippen LogP contribution in [0.15, 0.2) is 47.4 Å². The van der Waals surface area contributed by atoms with Crippen molar-refractivity contribution in [1.29, 1.82) is 0 Å². The minimum Gasteiger partial charge on any atom is -0.326 e. The molecule has 0 spiro atoms. The Kier molecular flexibility index (Phi) is 6.78. The van der Waals surface area contributed by atoms with E-state index < -0.39 is 10.0 Å². The summed E-state index contributed by atoms with van der Waals surface area (Å²) in [4.78, 5) is 12.2. The number of hydrogen-bond acceptors (Lipinski definition) is 5. The molecule has 0 saturated carbocycles. The Labute approximate surface area is 174 Å². The smallest absolute Gasteiger partial charge is 0.243 e. The van der Waals surface area contributed by atoms with E-state index in [-0.39, 0.29) is 23.0 Å². The van der Waals surface area contributed by atoms with Gasteiger partial charge in [0.1, 0.15) is 11.3 Å². The molecule has 0 radical (unpaired) electrons. The summed E-state index contributed by atoms with van der Waals surface area (Å²) in [6, 6.07) is 10.3. The Hall–Kier alpha value is -2.85. The molecule has 8 nitrogen and oxygen atoms in total. The maximum Gasteiger partial charge on any atom is 0.243 e. The van der Waals surface area contributed by atoms with E-state index in [1.54, 1.807) is 30.7 Å². The standard InChI is InChI=1S/C20H24FN5O3S/c1-3-25(4-2)30(28,29)17-11-12-19-18(14-17)23-24-26(19)13-5-6-20(27)22-16-9-7-15(21)8-10-16/h7-12,14H,3-6,13H2,1-2H3,(H,22,27). The highest BCUT2D eigenvalue weighted by Gasteiger charge is 2.22. The van der Waals surface area contributed by atoms with E-state index in [1.807, 2.05) is 0 Å². The summed E-state index contributed by atoms with van der Waals surface area (Å²) in [5.74, 6) is -0.544. The summed E-state index contributed by atoms with van der Waals surface area (Å²) in [5.41, 5.74) is 1.72. The second kappa shape index (κ2) is 9.31. The number of amides is 1. The number of halogens is 1. The predicted molar refractivity (Wildman–Crippen MR) is 112 cm³/mol. The highest BCUT2D eigenvalue weighted by molar-refractivity contribution is 7.89. The maximum absolute atomic E-state index is 12.9. The molecule has 0 unspecified atom stereocenters. The monoisotopic (exact) mass is 433 g/mol. The van der Waals surface area contributed by atoms with Crippen LogP contribution in [0, 0.1) is 5.82 Å². The van der Waals surface area contributed by atoms with E-state index in [9.17, 15) is 17.6 Å². The zero-order chi connectivity index (χ0) is 21.7. The Bertz CT molecular complexity index is 1130. The average Bonchev–Trinajstić information content (AvgIpc) is 3.13. The minimum atomic E-state index is -3.56. The fraction of sp³-hybridized carbons (Fsp3) is 0.350. The molecule has 3 aromatic rings. The average molecular weight is 434 g/mol. The number of hydrogen-bond donors (Lipinski definition) is 1. The van der Waals surface area contributed by atoms with Crippen molar-refractivity contribution in [3.05, 3.63) is 48.3 Å². The molecule has 0 aliphatic carbocycles. The fourth-order valence-electron chi connectivity index (χ4n) is 3.14. The first-order chi connectivity index (χ1) is 14.3. The molecule has 160 valence electrons. The van der Waals surface area contributed by atoms with Crippen molar-refractivity contribution in [3.8, 4) is 0 Å². The fourth-order valence-corrected chi connectivity index (χ4v) is 4.61. The molecule has 0 bridgehead atoms. The van der Waals surface area contributed by atoms with E-state index in [4.69, 9.17) is 0 Å². The number of rotatable bonds is 9. The summed E-state index contributed by atoms with van der Waals surface area (Å²) >= 11 is 0. The number of carbonyl (C=O) groups is 1. The molecular formula is C20H24FN5O3S. The van der Waals surface area contributed by atoms with Gasteiger partial charge < -0.3 is 5.32 Å². The summed E-state index contributed by atoms with van der Waals surface area (Å²) < 4.78 is 41.3. The van der Waals surface area contributed by atoms with Gasteiger partial charge >= 0.3 is 0 Å². The number of sulfonamides is 1. The molecule has 0 saturated heterocycles. The van der Waals surface area contributed by atoms with Crippen molar-refractivity contribution in [1.82, 2.24) is 19.3 Å². The van der Waals surface area contributed by atoms with Crippen LogP contribution in [0.25, 0.3) is 11.0 Å². The first-order valence-electron chi connectivity index (χ1n) is 9.74. The van der Waals surface area contributed by atoms with Crippen LogP contribution in [0.1, 0.15) is 26.7 Å². The number of fused-ring (bicyclic) bond motifs is 1. The van der Waals surface area contributed by atoms with Crippen molar-refractivity contribution in [2.24, 2.45) is 0 Å². The molecule has 1 amide bonds. The number of aromatic nitrogens is 3. The Morgan fingerprint density at radius 3 is 2.50 bits per heavy atom. The molecule has 0 aliphatic heterocycles. The molecule has 10 heteroatoms.